The highest BCUT2D eigenvalue weighted by molar-refractivity contribution is 5.54. The van der Waals surface area contributed by atoms with E-state index in [0.29, 0.717) is 0 Å². The summed E-state index contributed by atoms with van der Waals surface area (Å²) in [7, 11) is 0. The van der Waals surface area contributed by atoms with Crippen molar-refractivity contribution in [3.8, 4) is 0 Å². The first-order valence-electron chi connectivity index (χ1n) is 4.12. The van der Waals surface area contributed by atoms with Gasteiger partial charge in [-0.2, -0.15) is 0 Å². The highest BCUT2D eigenvalue weighted by Crippen LogP contribution is 2.20. The Labute approximate surface area is 71.7 Å². The zero-order valence-corrected chi connectivity index (χ0v) is 6.86. The van der Waals surface area contributed by atoms with Crippen LogP contribution in [0.15, 0.2) is 24.3 Å². The lowest BCUT2D eigenvalue weighted by molar-refractivity contribution is 0.168. The zero-order valence-electron chi connectivity index (χ0n) is 6.86. The van der Waals surface area contributed by atoms with Crippen LogP contribution in [0.1, 0.15) is 6.42 Å². The Bertz CT molecular complexity index is 269. The Kier molecular flexibility index (Phi) is 1.87. The van der Waals surface area contributed by atoms with E-state index in [1.54, 1.807) is 0 Å². The summed E-state index contributed by atoms with van der Waals surface area (Å²) in [4.78, 5) is 5.37. The predicted octanol–water partition coefficient (Wildman–Crippen LogP) is 1.41. The largest absolute Gasteiger partial charge is 0.399 e. The van der Waals surface area contributed by atoms with Gasteiger partial charge in [0.05, 0.1) is 12.3 Å². The van der Waals surface area contributed by atoms with Crippen molar-refractivity contribution in [3.63, 3.8) is 0 Å². The molecular weight excluding hydrogens is 152 g/mol. The normalized spacial score (nSPS) is 16.8. The molecule has 12 heavy (non-hydrogen) atoms. The van der Waals surface area contributed by atoms with Crippen molar-refractivity contribution in [3.05, 3.63) is 24.3 Å². The lowest BCUT2D eigenvalue weighted by atomic mass is 10.3. The Morgan fingerprint density at radius 3 is 3.00 bits per heavy atom. The predicted molar refractivity (Wildman–Crippen MR) is 48.8 cm³/mol. The number of nitrogens with two attached hydrogens (primary N) is 1. The minimum Gasteiger partial charge on any atom is -0.399 e. The fourth-order valence-electron chi connectivity index (χ4n) is 1.33. The molecule has 1 aliphatic rings. The minimum atomic E-state index is 0.781. The molecule has 0 unspecified atom stereocenters. The number of hydrogen-bond donors (Lipinski definition) is 1. The smallest absolute Gasteiger partial charge is 0.0766 e. The highest BCUT2D eigenvalue weighted by atomic mass is 16.7. The molecule has 0 aliphatic carbocycles. The second-order valence-corrected chi connectivity index (χ2v) is 2.88. The number of hydrogen-bond acceptors (Lipinski definition) is 3. The van der Waals surface area contributed by atoms with E-state index >= 15 is 0 Å². The SMILES string of the molecule is Nc1cccc(N2CCCO2)c1. The van der Waals surface area contributed by atoms with Crippen molar-refractivity contribution in [1.82, 2.24) is 0 Å². The average Bonchev–Trinajstić information content (AvgIpc) is 2.56. The van der Waals surface area contributed by atoms with E-state index in [-0.39, 0.29) is 0 Å². The molecule has 3 heteroatoms. The van der Waals surface area contributed by atoms with Crippen LogP contribution in [0.2, 0.25) is 0 Å². The molecule has 0 aromatic heterocycles. The first-order chi connectivity index (χ1) is 5.86. The molecule has 0 bridgehead atoms. The molecule has 3 nitrogen and oxygen atoms in total. The van der Waals surface area contributed by atoms with Crippen LogP contribution in [0, 0.1) is 0 Å². The van der Waals surface area contributed by atoms with Crippen LogP contribution in [-0.4, -0.2) is 13.2 Å². The molecule has 0 radical (unpaired) electrons. The highest BCUT2D eigenvalue weighted by Gasteiger charge is 2.12. The maximum absolute atomic E-state index is 5.64. The molecule has 2 N–H and O–H groups in total. The second-order valence-electron chi connectivity index (χ2n) is 2.88. The lowest BCUT2D eigenvalue weighted by Gasteiger charge is -2.15. The van der Waals surface area contributed by atoms with Crippen LogP contribution >= 0.6 is 0 Å². The third kappa shape index (κ3) is 1.36. The van der Waals surface area contributed by atoms with Gasteiger partial charge in [0.1, 0.15) is 0 Å². The van der Waals surface area contributed by atoms with Crippen molar-refractivity contribution < 1.29 is 4.84 Å². The molecule has 1 aliphatic heterocycles. The van der Waals surface area contributed by atoms with Crippen molar-refractivity contribution in [1.29, 1.82) is 0 Å². The van der Waals surface area contributed by atoms with Crippen molar-refractivity contribution in [2.45, 2.75) is 6.42 Å². The van der Waals surface area contributed by atoms with Crippen molar-refractivity contribution in [2.75, 3.05) is 23.9 Å². The molecule has 1 saturated heterocycles. The van der Waals surface area contributed by atoms with E-state index in [9.17, 15) is 0 Å². The Morgan fingerprint density at radius 1 is 1.42 bits per heavy atom. The molecule has 0 saturated carbocycles. The van der Waals surface area contributed by atoms with E-state index in [1.807, 2.05) is 29.3 Å². The van der Waals surface area contributed by atoms with Gasteiger partial charge in [-0.3, -0.25) is 9.90 Å². The van der Waals surface area contributed by atoms with Gasteiger partial charge in [-0.25, -0.2) is 0 Å². The summed E-state index contributed by atoms with van der Waals surface area (Å²) in [6.07, 6.45) is 1.09. The van der Waals surface area contributed by atoms with Crippen LogP contribution in [0.4, 0.5) is 11.4 Å². The number of anilines is 2. The zero-order chi connectivity index (χ0) is 8.39. The molecule has 1 heterocycles. The minimum absolute atomic E-state index is 0.781. The quantitative estimate of drug-likeness (QED) is 0.638. The fourth-order valence-corrected chi connectivity index (χ4v) is 1.33. The van der Waals surface area contributed by atoms with Crippen LogP contribution in [0.5, 0.6) is 0 Å². The summed E-state index contributed by atoms with van der Waals surface area (Å²) >= 11 is 0. The first-order valence-corrected chi connectivity index (χ1v) is 4.12. The van der Waals surface area contributed by atoms with Gasteiger partial charge in [0.2, 0.25) is 0 Å². The third-order valence-corrected chi connectivity index (χ3v) is 1.91. The Morgan fingerprint density at radius 2 is 2.33 bits per heavy atom. The summed E-state index contributed by atoms with van der Waals surface area (Å²) in [5.41, 5.74) is 7.47. The van der Waals surface area contributed by atoms with Crippen molar-refractivity contribution >= 4 is 11.4 Å². The van der Waals surface area contributed by atoms with E-state index in [0.717, 1.165) is 30.9 Å². The molecule has 0 spiro atoms. The number of nitrogen functional groups attached to an aromatic ring is 1. The topological polar surface area (TPSA) is 38.5 Å². The van der Waals surface area contributed by atoms with Gasteiger partial charge < -0.3 is 5.73 Å². The van der Waals surface area contributed by atoms with Crippen molar-refractivity contribution in [2.24, 2.45) is 0 Å². The van der Waals surface area contributed by atoms with E-state index in [4.69, 9.17) is 10.6 Å². The molecule has 1 aromatic carbocycles. The van der Waals surface area contributed by atoms with Gasteiger partial charge in [-0.1, -0.05) is 6.07 Å². The maximum Gasteiger partial charge on any atom is 0.0766 e. The molecule has 0 amide bonds. The summed E-state index contributed by atoms with van der Waals surface area (Å²) in [5, 5.41) is 1.89. The lowest BCUT2D eigenvalue weighted by Crippen LogP contribution is -2.15. The Hall–Kier alpha value is -1.22. The van der Waals surface area contributed by atoms with Gasteiger partial charge in [0.15, 0.2) is 0 Å². The summed E-state index contributed by atoms with van der Waals surface area (Å²) in [6.45, 7) is 1.78. The van der Waals surface area contributed by atoms with Crippen LogP contribution < -0.4 is 10.8 Å². The first kappa shape index (κ1) is 7.43. The number of benzene rings is 1. The molecule has 1 aromatic rings. The molecule has 64 valence electrons. The third-order valence-electron chi connectivity index (χ3n) is 1.91. The van der Waals surface area contributed by atoms with E-state index in [2.05, 4.69) is 0 Å². The standard InChI is InChI=1S/C9H12N2O/c10-8-3-1-4-9(7-8)11-5-2-6-12-11/h1,3-4,7H,2,5-6,10H2. The molecule has 2 rings (SSSR count). The van der Waals surface area contributed by atoms with Gasteiger partial charge in [-0.15, -0.1) is 0 Å². The van der Waals surface area contributed by atoms with Crippen LogP contribution in [0.25, 0.3) is 0 Å². The van der Waals surface area contributed by atoms with Gasteiger partial charge >= 0.3 is 0 Å². The van der Waals surface area contributed by atoms with E-state index in [1.165, 1.54) is 0 Å². The summed E-state index contributed by atoms with van der Waals surface area (Å²) in [6, 6.07) is 7.74. The summed E-state index contributed by atoms with van der Waals surface area (Å²) < 4.78 is 0. The summed E-state index contributed by atoms with van der Waals surface area (Å²) in [5.74, 6) is 0. The maximum atomic E-state index is 5.64. The van der Waals surface area contributed by atoms with Crippen LogP contribution in [-0.2, 0) is 4.84 Å². The molecule has 0 atom stereocenters. The average molecular weight is 164 g/mol. The number of rotatable bonds is 1. The monoisotopic (exact) mass is 164 g/mol. The molecular formula is C9H12N2O. The second kappa shape index (κ2) is 3.03. The van der Waals surface area contributed by atoms with Gasteiger partial charge in [0, 0.05) is 12.2 Å². The van der Waals surface area contributed by atoms with Gasteiger partial charge in [0.25, 0.3) is 0 Å². The van der Waals surface area contributed by atoms with Gasteiger partial charge in [-0.05, 0) is 24.6 Å². The number of nitrogens with zero attached hydrogens (tertiary/aromatic N) is 1. The van der Waals surface area contributed by atoms with Crippen LogP contribution in [0.3, 0.4) is 0 Å². The Balaban J connectivity index is 2.21. The fraction of sp³-hybridized carbons (Fsp3) is 0.333. The van der Waals surface area contributed by atoms with E-state index < -0.39 is 0 Å². The molecule has 1 fully saturated rings. The number of hydroxylamine groups is 1.